The van der Waals surface area contributed by atoms with E-state index in [0.717, 1.165) is 12.1 Å². The molecule has 20 heavy (non-hydrogen) atoms. The first kappa shape index (κ1) is 12.8. The van der Waals surface area contributed by atoms with Crippen LogP contribution < -0.4 is 10.2 Å². The Morgan fingerprint density at radius 3 is 2.80 bits per heavy atom. The predicted octanol–water partition coefficient (Wildman–Crippen LogP) is 2.39. The SMILES string of the molecule is CNC1CCN(C(=O)c2ccccn2)c2ccccc21. The Balaban J connectivity index is 1.98. The number of anilines is 1. The Morgan fingerprint density at radius 2 is 2.05 bits per heavy atom. The molecule has 1 aromatic carbocycles. The van der Waals surface area contributed by atoms with E-state index in [-0.39, 0.29) is 5.91 Å². The van der Waals surface area contributed by atoms with Gasteiger partial charge in [-0.2, -0.15) is 0 Å². The quantitative estimate of drug-likeness (QED) is 0.908. The minimum Gasteiger partial charge on any atom is -0.313 e. The van der Waals surface area contributed by atoms with E-state index in [2.05, 4.69) is 16.4 Å². The topological polar surface area (TPSA) is 45.2 Å². The minimum absolute atomic E-state index is 0.0346. The Bertz CT molecular complexity index is 612. The van der Waals surface area contributed by atoms with Crippen molar-refractivity contribution in [1.82, 2.24) is 10.3 Å². The molecular weight excluding hydrogens is 250 g/mol. The first-order valence-corrected chi connectivity index (χ1v) is 6.80. The summed E-state index contributed by atoms with van der Waals surface area (Å²) < 4.78 is 0. The standard InChI is InChI=1S/C16H17N3O/c1-17-13-9-11-19(15-8-3-2-6-12(13)15)16(20)14-7-4-5-10-18-14/h2-8,10,13,17H,9,11H2,1H3. The Kier molecular flexibility index (Phi) is 3.48. The Labute approximate surface area is 118 Å². The molecule has 1 amide bonds. The zero-order valence-electron chi connectivity index (χ0n) is 11.4. The van der Waals surface area contributed by atoms with Gasteiger partial charge in [0, 0.05) is 24.5 Å². The van der Waals surface area contributed by atoms with Crippen LogP contribution in [-0.4, -0.2) is 24.5 Å². The molecule has 102 valence electrons. The summed E-state index contributed by atoms with van der Waals surface area (Å²) >= 11 is 0. The number of carbonyl (C=O) groups is 1. The maximum Gasteiger partial charge on any atom is 0.276 e. The van der Waals surface area contributed by atoms with Crippen LogP contribution in [0.4, 0.5) is 5.69 Å². The zero-order valence-corrected chi connectivity index (χ0v) is 11.4. The molecule has 0 saturated carbocycles. The van der Waals surface area contributed by atoms with Crippen LogP contribution in [0, 0.1) is 0 Å². The number of fused-ring (bicyclic) bond motifs is 1. The lowest BCUT2D eigenvalue weighted by molar-refractivity contribution is 0.0979. The second-order valence-electron chi connectivity index (χ2n) is 4.86. The van der Waals surface area contributed by atoms with E-state index in [1.54, 1.807) is 12.3 Å². The molecule has 4 nitrogen and oxygen atoms in total. The molecule has 1 aliphatic rings. The molecule has 4 heteroatoms. The number of hydrogen-bond acceptors (Lipinski definition) is 3. The maximum absolute atomic E-state index is 12.6. The molecular formula is C16H17N3O. The number of benzene rings is 1. The molecule has 2 aromatic rings. The largest absolute Gasteiger partial charge is 0.313 e. The third-order valence-corrected chi connectivity index (χ3v) is 3.72. The maximum atomic E-state index is 12.6. The normalized spacial score (nSPS) is 17.6. The van der Waals surface area contributed by atoms with Crippen LogP contribution in [0.1, 0.15) is 28.5 Å². The van der Waals surface area contributed by atoms with Gasteiger partial charge in [-0.3, -0.25) is 9.78 Å². The van der Waals surface area contributed by atoms with Gasteiger partial charge in [0.05, 0.1) is 0 Å². The van der Waals surface area contributed by atoms with Gasteiger partial charge >= 0.3 is 0 Å². The lowest BCUT2D eigenvalue weighted by Gasteiger charge is -2.34. The molecule has 0 spiro atoms. The van der Waals surface area contributed by atoms with Gasteiger partial charge in [-0.05, 0) is 37.2 Å². The smallest absolute Gasteiger partial charge is 0.276 e. The van der Waals surface area contributed by atoms with Gasteiger partial charge in [0.1, 0.15) is 5.69 Å². The van der Waals surface area contributed by atoms with Crippen LogP contribution in [0.15, 0.2) is 48.7 Å². The number of nitrogens with one attached hydrogen (secondary N) is 1. The highest BCUT2D eigenvalue weighted by molar-refractivity contribution is 6.05. The summed E-state index contributed by atoms with van der Waals surface area (Å²) in [6.07, 6.45) is 2.56. The predicted molar refractivity (Wildman–Crippen MR) is 78.8 cm³/mol. The summed E-state index contributed by atoms with van der Waals surface area (Å²) in [4.78, 5) is 18.6. The van der Waals surface area contributed by atoms with E-state index in [4.69, 9.17) is 0 Å². The summed E-state index contributed by atoms with van der Waals surface area (Å²) in [5.41, 5.74) is 2.64. The third kappa shape index (κ3) is 2.18. The number of amides is 1. The zero-order chi connectivity index (χ0) is 13.9. The van der Waals surface area contributed by atoms with Crippen molar-refractivity contribution in [2.24, 2.45) is 0 Å². The second kappa shape index (κ2) is 5.43. The Hall–Kier alpha value is -2.20. The van der Waals surface area contributed by atoms with Gasteiger partial charge in [-0.25, -0.2) is 0 Å². The molecule has 0 bridgehead atoms. The molecule has 2 heterocycles. The van der Waals surface area contributed by atoms with Gasteiger partial charge < -0.3 is 10.2 Å². The molecule has 1 N–H and O–H groups in total. The summed E-state index contributed by atoms with van der Waals surface area (Å²) in [6.45, 7) is 0.706. The van der Waals surface area contributed by atoms with E-state index in [9.17, 15) is 4.79 Å². The highest BCUT2D eigenvalue weighted by Crippen LogP contribution is 2.33. The summed E-state index contributed by atoms with van der Waals surface area (Å²) in [5.74, 6) is -0.0346. The van der Waals surface area contributed by atoms with Crippen molar-refractivity contribution in [3.05, 3.63) is 59.9 Å². The van der Waals surface area contributed by atoms with Gasteiger partial charge in [0.2, 0.25) is 0 Å². The molecule has 0 fully saturated rings. The number of carbonyl (C=O) groups excluding carboxylic acids is 1. The molecule has 0 saturated heterocycles. The van der Waals surface area contributed by atoms with Gasteiger partial charge in [-0.1, -0.05) is 24.3 Å². The van der Waals surface area contributed by atoms with Crippen molar-refractivity contribution < 1.29 is 4.79 Å². The first-order chi connectivity index (χ1) is 9.81. The summed E-state index contributed by atoms with van der Waals surface area (Å²) in [6, 6.07) is 13.8. The van der Waals surface area contributed by atoms with Crippen LogP contribution in [-0.2, 0) is 0 Å². The van der Waals surface area contributed by atoms with Crippen molar-refractivity contribution in [1.29, 1.82) is 0 Å². The van der Waals surface area contributed by atoms with Gasteiger partial charge in [0.15, 0.2) is 0 Å². The third-order valence-electron chi connectivity index (χ3n) is 3.72. The fraction of sp³-hybridized carbons (Fsp3) is 0.250. The highest BCUT2D eigenvalue weighted by Gasteiger charge is 2.28. The number of para-hydroxylation sites is 1. The number of nitrogens with zero attached hydrogens (tertiary/aromatic N) is 2. The van der Waals surface area contributed by atoms with Crippen LogP contribution in [0.5, 0.6) is 0 Å². The Morgan fingerprint density at radius 1 is 1.25 bits per heavy atom. The van der Waals surface area contributed by atoms with Gasteiger partial charge in [0.25, 0.3) is 5.91 Å². The van der Waals surface area contributed by atoms with E-state index in [0.29, 0.717) is 18.3 Å². The molecule has 1 unspecified atom stereocenters. The summed E-state index contributed by atoms with van der Waals surface area (Å²) in [5, 5.41) is 3.31. The molecule has 0 radical (unpaired) electrons. The van der Waals surface area contributed by atoms with Crippen LogP contribution in [0.2, 0.25) is 0 Å². The van der Waals surface area contributed by atoms with E-state index < -0.39 is 0 Å². The fourth-order valence-corrected chi connectivity index (χ4v) is 2.70. The van der Waals surface area contributed by atoms with Crippen molar-refractivity contribution in [2.45, 2.75) is 12.5 Å². The van der Waals surface area contributed by atoms with Crippen molar-refractivity contribution in [3.8, 4) is 0 Å². The van der Waals surface area contributed by atoms with E-state index in [1.807, 2.05) is 42.3 Å². The minimum atomic E-state index is -0.0346. The average molecular weight is 267 g/mol. The van der Waals surface area contributed by atoms with Crippen molar-refractivity contribution in [3.63, 3.8) is 0 Å². The van der Waals surface area contributed by atoms with Crippen molar-refractivity contribution in [2.75, 3.05) is 18.5 Å². The fourth-order valence-electron chi connectivity index (χ4n) is 2.70. The van der Waals surface area contributed by atoms with Gasteiger partial charge in [-0.15, -0.1) is 0 Å². The summed E-state index contributed by atoms with van der Waals surface area (Å²) in [7, 11) is 1.96. The molecule has 1 aliphatic heterocycles. The molecule has 1 atom stereocenters. The number of aromatic nitrogens is 1. The molecule has 0 aliphatic carbocycles. The lowest BCUT2D eigenvalue weighted by atomic mass is 9.96. The lowest BCUT2D eigenvalue weighted by Crippen LogP contribution is -2.39. The number of pyridine rings is 1. The number of rotatable bonds is 2. The molecule has 1 aromatic heterocycles. The van der Waals surface area contributed by atoms with E-state index >= 15 is 0 Å². The van der Waals surface area contributed by atoms with Crippen LogP contribution >= 0.6 is 0 Å². The first-order valence-electron chi connectivity index (χ1n) is 6.80. The van der Waals surface area contributed by atoms with Crippen LogP contribution in [0.3, 0.4) is 0 Å². The monoisotopic (exact) mass is 267 g/mol. The molecule has 3 rings (SSSR count). The van der Waals surface area contributed by atoms with Crippen LogP contribution in [0.25, 0.3) is 0 Å². The van der Waals surface area contributed by atoms with Crippen molar-refractivity contribution >= 4 is 11.6 Å². The number of hydrogen-bond donors (Lipinski definition) is 1. The average Bonchev–Trinajstić information content (AvgIpc) is 2.54. The second-order valence-corrected chi connectivity index (χ2v) is 4.86. The van der Waals surface area contributed by atoms with E-state index in [1.165, 1.54) is 5.56 Å². The highest BCUT2D eigenvalue weighted by atomic mass is 16.2.